The van der Waals surface area contributed by atoms with E-state index in [4.69, 9.17) is 22.1 Å². The Balaban J connectivity index is 1.98. The van der Waals surface area contributed by atoms with E-state index in [2.05, 4.69) is 6.92 Å². The molecule has 1 aliphatic carbocycles. The highest BCUT2D eigenvalue weighted by atomic mass is 35.5. The van der Waals surface area contributed by atoms with Gasteiger partial charge in [0, 0.05) is 0 Å². The molecular weight excluding hydrogens is 234 g/mol. The Hall–Kier alpha value is -0.890. The van der Waals surface area contributed by atoms with Crippen molar-refractivity contribution in [1.82, 2.24) is 0 Å². The highest BCUT2D eigenvalue weighted by Gasteiger charge is 2.22. The highest BCUT2D eigenvalue weighted by Crippen LogP contribution is 2.35. The van der Waals surface area contributed by atoms with E-state index in [1.807, 2.05) is 18.2 Å². The van der Waals surface area contributed by atoms with Crippen LogP contribution in [0.5, 0.6) is 5.75 Å². The zero-order valence-electron chi connectivity index (χ0n) is 10.3. The van der Waals surface area contributed by atoms with Crippen LogP contribution in [0.15, 0.2) is 18.2 Å². The third-order valence-electron chi connectivity index (χ3n) is 3.65. The van der Waals surface area contributed by atoms with Gasteiger partial charge in [0.2, 0.25) is 0 Å². The fourth-order valence-corrected chi connectivity index (χ4v) is 2.70. The maximum atomic E-state index is 6.10. The lowest BCUT2D eigenvalue weighted by atomic mass is 9.86. The zero-order valence-corrected chi connectivity index (χ0v) is 11.0. The summed E-state index contributed by atoms with van der Waals surface area (Å²) in [6, 6.07) is 5.50. The fourth-order valence-electron chi connectivity index (χ4n) is 2.47. The molecule has 0 radical (unpaired) electrons. The average molecular weight is 254 g/mol. The van der Waals surface area contributed by atoms with E-state index in [1.165, 1.54) is 19.3 Å². The molecule has 0 unspecified atom stereocenters. The number of para-hydroxylation sites is 1. The summed E-state index contributed by atoms with van der Waals surface area (Å²) in [6.45, 7) is 2.26. The SMILES string of the molecule is CCC1CCC(Oc2c(N)cccc2Cl)CC1. The molecule has 17 heavy (non-hydrogen) atoms. The van der Waals surface area contributed by atoms with Gasteiger partial charge in [-0.25, -0.2) is 0 Å². The molecule has 0 heterocycles. The minimum absolute atomic E-state index is 0.278. The molecule has 2 nitrogen and oxygen atoms in total. The Morgan fingerprint density at radius 3 is 2.59 bits per heavy atom. The number of halogens is 1. The zero-order chi connectivity index (χ0) is 12.3. The van der Waals surface area contributed by atoms with Gasteiger partial charge in [0.25, 0.3) is 0 Å². The molecule has 1 aromatic carbocycles. The second-order valence-corrected chi connectivity index (χ2v) is 5.23. The molecule has 94 valence electrons. The van der Waals surface area contributed by atoms with Crippen molar-refractivity contribution in [2.75, 3.05) is 5.73 Å². The molecule has 2 rings (SSSR count). The van der Waals surface area contributed by atoms with E-state index >= 15 is 0 Å². The Kier molecular flexibility index (Phi) is 4.16. The number of benzene rings is 1. The van der Waals surface area contributed by atoms with Gasteiger partial charge in [-0.15, -0.1) is 0 Å². The Morgan fingerprint density at radius 1 is 1.29 bits per heavy atom. The van der Waals surface area contributed by atoms with Crippen LogP contribution in [0.1, 0.15) is 39.0 Å². The van der Waals surface area contributed by atoms with Crippen LogP contribution in [-0.4, -0.2) is 6.10 Å². The van der Waals surface area contributed by atoms with Crippen molar-refractivity contribution in [3.05, 3.63) is 23.2 Å². The number of nitrogen functional groups attached to an aromatic ring is 1. The summed E-state index contributed by atoms with van der Waals surface area (Å²) in [5.41, 5.74) is 6.52. The van der Waals surface area contributed by atoms with Gasteiger partial charge >= 0.3 is 0 Å². The predicted octanol–water partition coefficient (Wildman–Crippen LogP) is 4.27. The molecule has 0 saturated heterocycles. The smallest absolute Gasteiger partial charge is 0.161 e. The van der Waals surface area contributed by atoms with Gasteiger partial charge in [-0.05, 0) is 43.7 Å². The highest BCUT2D eigenvalue weighted by molar-refractivity contribution is 6.32. The summed E-state index contributed by atoms with van der Waals surface area (Å²) in [5, 5.41) is 0.614. The number of rotatable bonds is 3. The van der Waals surface area contributed by atoms with Crippen LogP contribution in [0.2, 0.25) is 5.02 Å². The van der Waals surface area contributed by atoms with E-state index < -0.39 is 0 Å². The van der Waals surface area contributed by atoms with Crippen molar-refractivity contribution >= 4 is 17.3 Å². The van der Waals surface area contributed by atoms with Gasteiger partial charge < -0.3 is 10.5 Å². The molecule has 2 N–H and O–H groups in total. The van der Waals surface area contributed by atoms with Crippen molar-refractivity contribution in [3.63, 3.8) is 0 Å². The normalized spacial score (nSPS) is 24.6. The Labute approximate surface area is 108 Å². The van der Waals surface area contributed by atoms with Gasteiger partial charge in [0.1, 0.15) is 0 Å². The Morgan fingerprint density at radius 2 is 2.00 bits per heavy atom. The van der Waals surface area contributed by atoms with Crippen LogP contribution in [0, 0.1) is 5.92 Å². The summed E-state index contributed by atoms with van der Waals surface area (Å²) < 4.78 is 5.95. The van der Waals surface area contributed by atoms with E-state index in [9.17, 15) is 0 Å². The second kappa shape index (κ2) is 5.63. The standard InChI is InChI=1S/C14H20ClNO/c1-2-10-6-8-11(9-7-10)17-14-12(15)4-3-5-13(14)16/h3-5,10-11H,2,6-9,16H2,1H3. The van der Waals surface area contributed by atoms with Crippen LogP contribution in [0.25, 0.3) is 0 Å². The quantitative estimate of drug-likeness (QED) is 0.817. The first-order valence-corrected chi connectivity index (χ1v) is 6.79. The maximum Gasteiger partial charge on any atom is 0.161 e. The van der Waals surface area contributed by atoms with Gasteiger partial charge in [0.15, 0.2) is 5.75 Å². The van der Waals surface area contributed by atoms with Crippen LogP contribution in [0.3, 0.4) is 0 Å². The molecule has 1 saturated carbocycles. The van der Waals surface area contributed by atoms with Crippen molar-refractivity contribution in [2.45, 2.75) is 45.1 Å². The lowest BCUT2D eigenvalue weighted by Gasteiger charge is -2.28. The van der Waals surface area contributed by atoms with Gasteiger partial charge in [-0.2, -0.15) is 0 Å². The largest absolute Gasteiger partial charge is 0.487 e. The van der Waals surface area contributed by atoms with Crippen molar-refractivity contribution in [2.24, 2.45) is 5.92 Å². The second-order valence-electron chi connectivity index (χ2n) is 4.83. The lowest BCUT2D eigenvalue weighted by Crippen LogP contribution is -2.24. The van der Waals surface area contributed by atoms with Gasteiger partial charge in [0.05, 0.1) is 16.8 Å². The first kappa shape index (κ1) is 12.6. The summed E-state index contributed by atoms with van der Waals surface area (Å²) in [5.74, 6) is 1.53. The minimum atomic E-state index is 0.278. The summed E-state index contributed by atoms with van der Waals surface area (Å²) in [4.78, 5) is 0. The number of hydrogen-bond acceptors (Lipinski definition) is 2. The number of nitrogens with two attached hydrogens (primary N) is 1. The molecule has 0 amide bonds. The summed E-state index contributed by atoms with van der Waals surface area (Å²) >= 11 is 6.10. The third-order valence-corrected chi connectivity index (χ3v) is 3.95. The maximum absolute atomic E-state index is 6.10. The van der Waals surface area contributed by atoms with Crippen LogP contribution >= 0.6 is 11.6 Å². The molecule has 0 atom stereocenters. The van der Waals surface area contributed by atoms with Crippen molar-refractivity contribution in [3.8, 4) is 5.75 Å². The first-order valence-electron chi connectivity index (χ1n) is 6.41. The molecule has 0 aliphatic heterocycles. The number of anilines is 1. The van der Waals surface area contributed by atoms with Crippen LogP contribution < -0.4 is 10.5 Å². The molecule has 0 spiro atoms. The third kappa shape index (κ3) is 3.06. The average Bonchev–Trinajstić information content (AvgIpc) is 2.35. The van der Waals surface area contributed by atoms with E-state index in [-0.39, 0.29) is 6.10 Å². The predicted molar refractivity (Wildman–Crippen MR) is 72.5 cm³/mol. The summed E-state index contributed by atoms with van der Waals surface area (Å²) in [7, 11) is 0. The first-order chi connectivity index (χ1) is 8.20. The topological polar surface area (TPSA) is 35.2 Å². The molecule has 0 bridgehead atoms. The van der Waals surface area contributed by atoms with Crippen molar-refractivity contribution < 1.29 is 4.74 Å². The monoisotopic (exact) mass is 253 g/mol. The summed E-state index contributed by atoms with van der Waals surface area (Å²) in [6.07, 6.45) is 6.30. The molecule has 1 aromatic rings. The van der Waals surface area contributed by atoms with Crippen LogP contribution in [-0.2, 0) is 0 Å². The molecule has 0 aromatic heterocycles. The molecule has 1 fully saturated rings. The van der Waals surface area contributed by atoms with E-state index in [1.54, 1.807) is 0 Å². The number of ether oxygens (including phenoxy) is 1. The molecule has 1 aliphatic rings. The fraction of sp³-hybridized carbons (Fsp3) is 0.571. The molecule has 3 heteroatoms. The van der Waals surface area contributed by atoms with E-state index in [0.717, 1.165) is 18.8 Å². The van der Waals surface area contributed by atoms with Crippen LogP contribution in [0.4, 0.5) is 5.69 Å². The number of hydrogen-bond donors (Lipinski definition) is 1. The van der Waals surface area contributed by atoms with Crippen molar-refractivity contribution in [1.29, 1.82) is 0 Å². The Bertz CT molecular complexity index is 352. The minimum Gasteiger partial charge on any atom is -0.487 e. The van der Waals surface area contributed by atoms with E-state index in [0.29, 0.717) is 16.5 Å². The lowest BCUT2D eigenvalue weighted by molar-refractivity contribution is 0.131. The molecular formula is C14H20ClNO. The van der Waals surface area contributed by atoms with Gasteiger partial charge in [-0.3, -0.25) is 0 Å². The van der Waals surface area contributed by atoms with Gasteiger partial charge in [-0.1, -0.05) is 31.0 Å².